The lowest BCUT2D eigenvalue weighted by Gasteiger charge is -2.20. The molecule has 2 aromatic rings. The molecule has 1 aliphatic rings. The van der Waals surface area contributed by atoms with Crippen molar-refractivity contribution in [3.05, 3.63) is 65.2 Å². The fourth-order valence-corrected chi connectivity index (χ4v) is 4.19. The maximum absolute atomic E-state index is 11.7. The van der Waals surface area contributed by atoms with Gasteiger partial charge in [0.15, 0.2) is 5.78 Å². The number of carbonyl (C=O) groups is 1. The Morgan fingerprint density at radius 2 is 1.62 bits per heavy atom. The molecule has 0 bridgehead atoms. The molecule has 1 fully saturated rings. The van der Waals surface area contributed by atoms with Gasteiger partial charge >= 0.3 is 0 Å². The number of Topliss-reactive ketones (excluding diaryl/α,β-unsaturated/α-hetero) is 1. The Labute approximate surface area is 158 Å². The van der Waals surface area contributed by atoms with Crippen LogP contribution in [0.15, 0.2) is 43.0 Å². The van der Waals surface area contributed by atoms with Crippen LogP contribution >= 0.6 is 0 Å². The van der Waals surface area contributed by atoms with Crippen LogP contribution < -0.4 is 0 Å². The Hall–Kier alpha value is -2.15. The van der Waals surface area contributed by atoms with Crippen LogP contribution in [0.4, 0.5) is 0 Å². The van der Waals surface area contributed by atoms with E-state index < -0.39 is 0 Å². The molecule has 26 heavy (non-hydrogen) atoms. The molecular formula is C25H30O. The van der Waals surface area contributed by atoms with Gasteiger partial charge in [0.1, 0.15) is 0 Å². The standard InChI is InChI=1S/C25H30O/c1-17-11-12-22(20(4)26)16-25(17)23-13-14-24(18(2)15-23)19(3)21-9-7-5-6-8-10-21/h11-16,21H,3,5-10H2,1-2,4H3. The molecule has 0 aromatic heterocycles. The minimum absolute atomic E-state index is 0.112. The van der Waals surface area contributed by atoms with Crippen LogP contribution in [-0.2, 0) is 0 Å². The number of hydrogen-bond donors (Lipinski definition) is 0. The highest BCUT2D eigenvalue weighted by Gasteiger charge is 2.18. The molecule has 0 atom stereocenters. The molecule has 0 unspecified atom stereocenters. The maximum Gasteiger partial charge on any atom is 0.159 e. The summed E-state index contributed by atoms with van der Waals surface area (Å²) in [5.41, 5.74) is 8.20. The first-order chi connectivity index (χ1) is 12.5. The van der Waals surface area contributed by atoms with E-state index in [0.29, 0.717) is 5.92 Å². The molecule has 0 heterocycles. The summed E-state index contributed by atoms with van der Waals surface area (Å²) in [5.74, 6) is 0.742. The van der Waals surface area contributed by atoms with E-state index in [-0.39, 0.29) is 5.78 Å². The highest BCUT2D eigenvalue weighted by atomic mass is 16.1. The Morgan fingerprint density at radius 3 is 2.23 bits per heavy atom. The summed E-state index contributed by atoms with van der Waals surface area (Å²) in [7, 11) is 0. The van der Waals surface area contributed by atoms with Crippen molar-refractivity contribution in [3.63, 3.8) is 0 Å². The third-order valence-electron chi connectivity index (χ3n) is 5.88. The van der Waals surface area contributed by atoms with E-state index in [1.165, 1.54) is 66.4 Å². The van der Waals surface area contributed by atoms with Gasteiger partial charge in [0.25, 0.3) is 0 Å². The number of rotatable bonds is 4. The van der Waals surface area contributed by atoms with Crippen molar-refractivity contribution in [2.75, 3.05) is 0 Å². The minimum Gasteiger partial charge on any atom is -0.295 e. The second kappa shape index (κ2) is 8.03. The van der Waals surface area contributed by atoms with Crippen LogP contribution in [0.5, 0.6) is 0 Å². The number of aryl methyl sites for hydroxylation is 2. The van der Waals surface area contributed by atoms with Gasteiger partial charge in [0.05, 0.1) is 0 Å². The lowest BCUT2D eigenvalue weighted by atomic mass is 9.85. The van der Waals surface area contributed by atoms with E-state index in [2.05, 4.69) is 38.6 Å². The fourth-order valence-electron chi connectivity index (χ4n) is 4.19. The Morgan fingerprint density at radius 1 is 0.923 bits per heavy atom. The average molecular weight is 347 g/mol. The van der Waals surface area contributed by atoms with Crippen LogP contribution in [-0.4, -0.2) is 5.78 Å². The van der Waals surface area contributed by atoms with Gasteiger partial charge < -0.3 is 0 Å². The summed E-state index contributed by atoms with van der Waals surface area (Å²) < 4.78 is 0. The van der Waals surface area contributed by atoms with Crippen molar-refractivity contribution in [1.82, 2.24) is 0 Å². The van der Waals surface area contributed by atoms with Gasteiger partial charge in [-0.15, -0.1) is 0 Å². The highest BCUT2D eigenvalue weighted by Crippen LogP contribution is 2.36. The predicted octanol–water partition coefficient (Wildman–Crippen LogP) is 7.16. The normalized spacial score (nSPS) is 15.5. The highest BCUT2D eigenvalue weighted by molar-refractivity contribution is 5.95. The lowest BCUT2D eigenvalue weighted by Crippen LogP contribution is -2.03. The monoisotopic (exact) mass is 346 g/mol. The van der Waals surface area contributed by atoms with Gasteiger partial charge in [-0.3, -0.25) is 4.79 Å². The number of carbonyl (C=O) groups excluding carboxylic acids is 1. The Balaban J connectivity index is 1.91. The zero-order chi connectivity index (χ0) is 18.7. The van der Waals surface area contributed by atoms with Crippen LogP contribution in [0.2, 0.25) is 0 Å². The Kier molecular flexibility index (Phi) is 5.76. The molecule has 0 saturated heterocycles. The molecule has 3 rings (SSSR count). The molecule has 1 heteroatoms. The van der Waals surface area contributed by atoms with E-state index in [4.69, 9.17) is 0 Å². The molecule has 1 aliphatic carbocycles. The van der Waals surface area contributed by atoms with Crippen LogP contribution in [0.25, 0.3) is 16.7 Å². The second-order valence-electron chi connectivity index (χ2n) is 7.83. The molecule has 2 aromatic carbocycles. The van der Waals surface area contributed by atoms with Crippen molar-refractivity contribution < 1.29 is 4.79 Å². The SMILES string of the molecule is C=C(c1ccc(-c2cc(C(C)=O)ccc2C)cc1C)C1CCCCCC1. The topological polar surface area (TPSA) is 17.1 Å². The first kappa shape index (κ1) is 18.6. The zero-order valence-electron chi connectivity index (χ0n) is 16.4. The summed E-state index contributed by atoms with van der Waals surface area (Å²) in [4.78, 5) is 11.7. The van der Waals surface area contributed by atoms with E-state index in [0.717, 1.165) is 11.1 Å². The summed E-state index contributed by atoms with van der Waals surface area (Å²) in [5, 5.41) is 0. The molecule has 0 radical (unpaired) electrons. The van der Waals surface area contributed by atoms with E-state index in [9.17, 15) is 4.79 Å². The van der Waals surface area contributed by atoms with Crippen LogP contribution in [0.3, 0.4) is 0 Å². The number of allylic oxidation sites excluding steroid dienone is 1. The van der Waals surface area contributed by atoms with E-state index in [1.807, 2.05) is 18.2 Å². The quantitative estimate of drug-likeness (QED) is 0.424. The van der Waals surface area contributed by atoms with Crippen molar-refractivity contribution in [2.45, 2.75) is 59.3 Å². The summed E-state index contributed by atoms with van der Waals surface area (Å²) in [6, 6.07) is 12.7. The van der Waals surface area contributed by atoms with Gasteiger partial charge in [-0.25, -0.2) is 0 Å². The average Bonchev–Trinajstić information content (AvgIpc) is 2.90. The smallest absolute Gasteiger partial charge is 0.159 e. The van der Waals surface area contributed by atoms with Crippen molar-refractivity contribution >= 4 is 11.4 Å². The van der Waals surface area contributed by atoms with Gasteiger partial charge in [-0.1, -0.05) is 62.6 Å². The number of benzene rings is 2. The van der Waals surface area contributed by atoms with Crippen molar-refractivity contribution in [1.29, 1.82) is 0 Å². The van der Waals surface area contributed by atoms with Gasteiger partial charge in [-0.2, -0.15) is 0 Å². The molecule has 0 aliphatic heterocycles. The second-order valence-corrected chi connectivity index (χ2v) is 7.83. The third kappa shape index (κ3) is 3.98. The summed E-state index contributed by atoms with van der Waals surface area (Å²) >= 11 is 0. The molecule has 0 amide bonds. The molecule has 136 valence electrons. The van der Waals surface area contributed by atoms with Gasteiger partial charge in [0.2, 0.25) is 0 Å². The Bertz CT molecular complexity index is 820. The van der Waals surface area contributed by atoms with E-state index >= 15 is 0 Å². The van der Waals surface area contributed by atoms with Crippen molar-refractivity contribution in [3.8, 4) is 11.1 Å². The fraction of sp³-hybridized carbons (Fsp3) is 0.400. The third-order valence-corrected chi connectivity index (χ3v) is 5.88. The lowest BCUT2D eigenvalue weighted by molar-refractivity contribution is 0.101. The number of ketones is 1. The largest absolute Gasteiger partial charge is 0.295 e. The van der Waals surface area contributed by atoms with Crippen LogP contribution in [0, 0.1) is 19.8 Å². The molecular weight excluding hydrogens is 316 g/mol. The van der Waals surface area contributed by atoms with Gasteiger partial charge in [0, 0.05) is 5.56 Å². The molecule has 1 saturated carbocycles. The van der Waals surface area contributed by atoms with Crippen molar-refractivity contribution in [2.24, 2.45) is 5.92 Å². The first-order valence-corrected chi connectivity index (χ1v) is 9.89. The molecule has 0 spiro atoms. The molecule has 0 N–H and O–H groups in total. The minimum atomic E-state index is 0.112. The molecule has 1 nitrogen and oxygen atoms in total. The van der Waals surface area contributed by atoms with E-state index in [1.54, 1.807) is 6.92 Å². The first-order valence-electron chi connectivity index (χ1n) is 9.89. The summed E-state index contributed by atoms with van der Waals surface area (Å²) in [6.45, 7) is 10.4. The predicted molar refractivity (Wildman–Crippen MR) is 112 cm³/mol. The summed E-state index contributed by atoms with van der Waals surface area (Å²) in [6.07, 6.45) is 7.95. The zero-order valence-corrected chi connectivity index (χ0v) is 16.4. The maximum atomic E-state index is 11.7. The van der Waals surface area contributed by atoms with Gasteiger partial charge in [-0.05, 0) is 79.0 Å². The van der Waals surface area contributed by atoms with Crippen LogP contribution in [0.1, 0.15) is 72.5 Å². The number of hydrogen-bond acceptors (Lipinski definition) is 1.